The van der Waals surface area contributed by atoms with E-state index < -0.39 is 0 Å². The van der Waals surface area contributed by atoms with Gasteiger partial charge in [0.2, 0.25) is 0 Å². The molecule has 0 radical (unpaired) electrons. The number of aromatic nitrogens is 2. The Kier molecular flexibility index (Phi) is 5.44. The molecule has 0 bridgehead atoms. The molecule has 1 heterocycles. The van der Waals surface area contributed by atoms with Gasteiger partial charge in [0.1, 0.15) is 0 Å². The van der Waals surface area contributed by atoms with Crippen LogP contribution in [0.1, 0.15) is 49.3 Å². The van der Waals surface area contributed by atoms with Crippen LogP contribution >= 0.6 is 0 Å². The summed E-state index contributed by atoms with van der Waals surface area (Å²) in [7, 11) is 0. The maximum atomic E-state index is 12.6. The monoisotopic (exact) mass is 328 g/mol. The number of aryl methyl sites for hydroxylation is 1. The molecule has 1 atom stereocenters. The maximum Gasteiger partial charge on any atom is 0.254 e. The first kappa shape index (κ1) is 18.2. The lowest BCUT2D eigenvalue weighted by Gasteiger charge is -2.17. The standard InChI is InChI=1S/C19H28N4O/c1-13-6-8-15(9-7-13)23-12-16(17(22-23)19(3,4)5)18(24)21-11-14(2)10-20/h6-9,12,14H,10-11,20H2,1-5H3,(H,21,24). The van der Waals surface area contributed by atoms with Gasteiger partial charge in [0.25, 0.3) is 5.91 Å². The number of hydrogen-bond donors (Lipinski definition) is 2. The largest absolute Gasteiger partial charge is 0.352 e. The second kappa shape index (κ2) is 7.18. The molecule has 0 spiro atoms. The van der Waals surface area contributed by atoms with E-state index in [2.05, 4.69) is 31.2 Å². The molecule has 0 saturated carbocycles. The molecule has 0 aliphatic heterocycles. The van der Waals surface area contributed by atoms with Crippen LogP contribution < -0.4 is 11.1 Å². The van der Waals surface area contributed by atoms with Crippen molar-refractivity contribution in [3.05, 3.63) is 47.3 Å². The minimum atomic E-state index is -0.220. The van der Waals surface area contributed by atoms with Crippen LogP contribution in [0, 0.1) is 12.8 Å². The van der Waals surface area contributed by atoms with Crippen LogP contribution in [-0.2, 0) is 5.41 Å². The predicted molar refractivity (Wildman–Crippen MR) is 97.6 cm³/mol. The van der Waals surface area contributed by atoms with E-state index in [1.807, 2.05) is 44.3 Å². The van der Waals surface area contributed by atoms with Gasteiger partial charge in [0, 0.05) is 18.2 Å². The van der Waals surface area contributed by atoms with Gasteiger partial charge in [-0.1, -0.05) is 45.4 Å². The molecule has 0 aliphatic carbocycles. The molecule has 5 nitrogen and oxygen atoms in total. The van der Waals surface area contributed by atoms with E-state index >= 15 is 0 Å². The fourth-order valence-corrected chi connectivity index (χ4v) is 2.37. The number of nitrogens with two attached hydrogens (primary N) is 1. The molecule has 130 valence electrons. The van der Waals surface area contributed by atoms with Crippen molar-refractivity contribution < 1.29 is 4.79 Å². The molecule has 1 aromatic heterocycles. The number of hydrogen-bond acceptors (Lipinski definition) is 3. The Morgan fingerprint density at radius 2 is 1.92 bits per heavy atom. The molecular formula is C19H28N4O. The van der Waals surface area contributed by atoms with Crippen molar-refractivity contribution in [3.8, 4) is 5.69 Å². The van der Waals surface area contributed by atoms with Gasteiger partial charge >= 0.3 is 0 Å². The first-order valence-electron chi connectivity index (χ1n) is 8.38. The van der Waals surface area contributed by atoms with Gasteiger partial charge in [-0.15, -0.1) is 0 Å². The zero-order valence-electron chi connectivity index (χ0n) is 15.3. The Labute approximate surface area is 144 Å². The van der Waals surface area contributed by atoms with Gasteiger partial charge in [0.15, 0.2) is 0 Å². The molecule has 24 heavy (non-hydrogen) atoms. The first-order chi connectivity index (χ1) is 11.2. The highest BCUT2D eigenvalue weighted by Gasteiger charge is 2.26. The summed E-state index contributed by atoms with van der Waals surface area (Å²) < 4.78 is 1.78. The Balaban J connectivity index is 2.35. The molecule has 1 aromatic carbocycles. The summed E-state index contributed by atoms with van der Waals surface area (Å²) in [4.78, 5) is 12.6. The van der Waals surface area contributed by atoms with Gasteiger partial charge in [-0.05, 0) is 31.5 Å². The number of nitrogens with one attached hydrogen (secondary N) is 1. The predicted octanol–water partition coefficient (Wildman–Crippen LogP) is 2.80. The smallest absolute Gasteiger partial charge is 0.254 e. The van der Waals surface area contributed by atoms with Crippen LogP contribution in [-0.4, -0.2) is 28.8 Å². The van der Waals surface area contributed by atoms with Crippen LogP contribution in [0.5, 0.6) is 0 Å². The van der Waals surface area contributed by atoms with E-state index in [9.17, 15) is 4.79 Å². The van der Waals surface area contributed by atoms with Crippen LogP contribution in [0.4, 0.5) is 0 Å². The van der Waals surface area contributed by atoms with Crippen molar-refractivity contribution in [1.29, 1.82) is 0 Å². The van der Waals surface area contributed by atoms with Gasteiger partial charge in [-0.3, -0.25) is 4.79 Å². The number of amides is 1. The quantitative estimate of drug-likeness (QED) is 0.886. The van der Waals surface area contributed by atoms with E-state index in [-0.39, 0.29) is 17.2 Å². The van der Waals surface area contributed by atoms with Crippen molar-refractivity contribution in [2.24, 2.45) is 11.7 Å². The van der Waals surface area contributed by atoms with Gasteiger partial charge in [-0.2, -0.15) is 5.10 Å². The van der Waals surface area contributed by atoms with E-state index in [1.54, 1.807) is 4.68 Å². The highest BCUT2D eigenvalue weighted by atomic mass is 16.1. The Bertz CT molecular complexity index is 695. The average molecular weight is 328 g/mol. The third-order valence-electron chi connectivity index (χ3n) is 3.98. The van der Waals surface area contributed by atoms with Crippen molar-refractivity contribution in [1.82, 2.24) is 15.1 Å². The van der Waals surface area contributed by atoms with Crippen molar-refractivity contribution in [2.45, 2.75) is 40.0 Å². The molecule has 1 amide bonds. The molecular weight excluding hydrogens is 300 g/mol. The van der Waals surface area contributed by atoms with Gasteiger partial charge in [0.05, 0.1) is 16.9 Å². The lowest BCUT2D eigenvalue weighted by atomic mass is 9.89. The van der Waals surface area contributed by atoms with Gasteiger partial charge < -0.3 is 11.1 Å². The zero-order valence-corrected chi connectivity index (χ0v) is 15.3. The van der Waals surface area contributed by atoms with Crippen LogP contribution in [0.3, 0.4) is 0 Å². The second-order valence-corrected chi connectivity index (χ2v) is 7.47. The summed E-state index contributed by atoms with van der Waals surface area (Å²) in [5.74, 6) is 0.151. The number of carbonyl (C=O) groups is 1. The summed E-state index contributed by atoms with van der Waals surface area (Å²) >= 11 is 0. The number of benzene rings is 1. The third kappa shape index (κ3) is 4.23. The molecule has 5 heteroatoms. The van der Waals surface area contributed by atoms with E-state index in [0.29, 0.717) is 18.7 Å². The van der Waals surface area contributed by atoms with Crippen molar-refractivity contribution >= 4 is 5.91 Å². The van der Waals surface area contributed by atoms with E-state index in [0.717, 1.165) is 11.4 Å². The Morgan fingerprint density at radius 1 is 1.29 bits per heavy atom. The Hall–Kier alpha value is -2.14. The summed E-state index contributed by atoms with van der Waals surface area (Å²) in [6.45, 7) is 11.4. The molecule has 2 rings (SSSR count). The van der Waals surface area contributed by atoms with Crippen LogP contribution in [0.2, 0.25) is 0 Å². The Morgan fingerprint density at radius 3 is 2.46 bits per heavy atom. The van der Waals surface area contributed by atoms with Crippen molar-refractivity contribution in [3.63, 3.8) is 0 Å². The highest BCUT2D eigenvalue weighted by molar-refractivity contribution is 5.95. The minimum absolute atomic E-state index is 0.0985. The second-order valence-electron chi connectivity index (χ2n) is 7.47. The number of nitrogens with zero attached hydrogens (tertiary/aromatic N) is 2. The number of rotatable bonds is 5. The minimum Gasteiger partial charge on any atom is -0.352 e. The van der Waals surface area contributed by atoms with Gasteiger partial charge in [-0.25, -0.2) is 4.68 Å². The third-order valence-corrected chi connectivity index (χ3v) is 3.98. The fraction of sp³-hybridized carbons (Fsp3) is 0.474. The SMILES string of the molecule is Cc1ccc(-n2cc(C(=O)NCC(C)CN)c(C(C)(C)C)n2)cc1. The molecule has 0 saturated heterocycles. The highest BCUT2D eigenvalue weighted by Crippen LogP contribution is 2.25. The molecule has 1 unspecified atom stereocenters. The lowest BCUT2D eigenvalue weighted by molar-refractivity contribution is 0.0946. The molecule has 0 fully saturated rings. The summed E-state index contributed by atoms with van der Waals surface area (Å²) in [6, 6.07) is 8.09. The molecule has 3 N–H and O–H groups in total. The van der Waals surface area contributed by atoms with Crippen molar-refractivity contribution in [2.75, 3.05) is 13.1 Å². The number of carbonyl (C=O) groups excluding carboxylic acids is 1. The molecule has 2 aromatic rings. The van der Waals surface area contributed by atoms with E-state index in [4.69, 9.17) is 5.73 Å². The normalized spacial score (nSPS) is 12.9. The zero-order chi connectivity index (χ0) is 17.9. The van der Waals surface area contributed by atoms with E-state index in [1.165, 1.54) is 5.56 Å². The summed E-state index contributed by atoms with van der Waals surface area (Å²) in [6.07, 6.45) is 1.81. The first-order valence-corrected chi connectivity index (χ1v) is 8.38. The van der Waals surface area contributed by atoms with Crippen LogP contribution in [0.25, 0.3) is 5.69 Å². The fourth-order valence-electron chi connectivity index (χ4n) is 2.37. The molecule has 0 aliphatic rings. The maximum absolute atomic E-state index is 12.6. The van der Waals surface area contributed by atoms with Crippen LogP contribution in [0.15, 0.2) is 30.5 Å². The lowest BCUT2D eigenvalue weighted by Crippen LogP contribution is -2.32. The summed E-state index contributed by atoms with van der Waals surface area (Å²) in [5.41, 5.74) is 8.95. The topological polar surface area (TPSA) is 72.9 Å². The summed E-state index contributed by atoms with van der Waals surface area (Å²) in [5, 5.41) is 7.64. The average Bonchev–Trinajstić information content (AvgIpc) is 2.98.